The van der Waals surface area contributed by atoms with E-state index in [4.69, 9.17) is 0 Å². The van der Waals surface area contributed by atoms with E-state index in [0.29, 0.717) is 6.54 Å². The summed E-state index contributed by atoms with van der Waals surface area (Å²) in [4.78, 5) is 8.76. The maximum absolute atomic E-state index is 4.49. The number of hydrogen-bond donors (Lipinski definition) is 2. The van der Waals surface area contributed by atoms with Gasteiger partial charge < -0.3 is 10.6 Å². The Morgan fingerprint density at radius 3 is 2.31 bits per heavy atom. The van der Waals surface area contributed by atoms with E-state index in [1.807, 2.05) is 25.1 Å². The first-order valence-corrected chi connectivity index (χ1v) is 8.85. The van der Waals surface area contributed by atoms with Crippen molar-refractivity contribution in [2.24, 2.45) is 4.99 Å². The lowest BCUT2D eigenvalue weighted by atomic mass is 9.86. The molecule has 4 nitrogen and oxygen atoms in total. The van der Waals surface area contributed by atoms with Gasteiger partial charge in [-0.15, -0.1) is 24.0 Å². The summed E-state index contributed by atoms with van der Waals surface area (Å²) in [5.41, 5.74) is 4.94. The van der Waals surface area contributed by atoms with Crippen LogP contribution in [0.1, 0.15) is 43.3 Å². The molecule has 26 heavy (non-hydrogen) atoms. The van der Waals surface area contributed by atoms with Crippen LogP contribution < -0.4 is 10.6 Å². The Morgan fingerprint density at radius 2 is 1.73 bits per heavy atom. The van der Waals surface area contributed by atoms with Gasteiger partial charge in [-0.1, -0.05) is 51.1 Å². The molecule has 2 rings (SSSR count). The number of pyridine rings is 1. The first kappa shape index (κ1) is 22.4. The predicted octanol–water partition coefficient (Wildman–Crippen LogP) is 4.21. The van der Waals surface area contributed by atoms with Crippen molar-refractivity contribution in [2.45, 2.75) is 46.1 Å². The largest absolute Gasteiger partial charge is 0.356 e. The second-order valence-corrected chi connectivity index (χ2v) is 7.32. The molecule has 0 spiro atoms. The van der Waals surface area contributed by atoms with Crippen LogP contribution in [0.4, 0.5) is 0 Å². The fourth-order valence-electron chi connectivity index (χ4n) is 2.59. The number of aromatic nitrogens is 1. The van der Waals surface area contributed by atoms with Crippen molar-refractivity contribution in [1.29, 1.82) is 0 Å². The molecule has 1 aromatic carbocycles. The number of rotatable bonds is 5. The average Bonchev–Trinajstić information content (AvgIpc) is 2.57. The molecule has 2 aromatic rings. The minimum Gasteiger partial charge on any atom is -0.356 e. The van der Waals surface area contributed by atoms with Gasteiger partial charge in [0.15, 0.2) is 5.96 Å². The Morgan fingerprint density at radius 1 is 1.04 bits per heavy atom. The third-order valence-corrected chi connectivity index (χ3v) is 4.13. The number of nitrogens with zero attached hydrogens (tertiary/aromatic N) is 2. The highest BCUT2D eigenvalue weighted by Crippen LogP contribution is 2.22. The number of hydrogen-bond acceptors (Lipinski definition) is 2. The molecule has 0 unspecified atom stereocenters. The Balaban J connectivity index is 0.00000338. The van der Waals surface area contributed by atoms with Crippen molar-refractivity contribution >= 4 is 29.9 Å². The van der Waals surface area contributed by atoms with Gasteiger partial charge in [0.05, 0.1) is 12.2 Å². The molecular weight excluding hydrogens is 435 g/mol. The molecule has 0 saturated carbocycles. The van der Waals surface area contributed by atoms with E-state index in [2.05, 4.69) is 65.6 Å². The van der Waals surface area contributed by atoms with E-state index in [-0.39, 0.29) is 29.4 Å². The average molecular weight is 466 g/mol. The molecule has 5 heteroatoms. The first-order valence-electron chi connectivity index (χ1n) is 8.85. The van der Waals surface area contributed by atoms with Gasteiger partial charge >= 0.3 is 0 Å². The summed E-state index contributed by atoms with van der Waals surface area (Å²) in [5, 5.41) is 6.66. The molecule has 0 saturated heterocycles. The van der Waals surface area contributed by atoms with Crippen molar-refractivity contribution in [3.8, 4) is 0 Å². The van der Waals surface area contributed by atoms with E-state index < -0.39 is 0 Å². The van der Waals surface area contributed by atoms with E-state index >= 15 is 0 Å². The van der Waals surface area contributed by atoms with Crippen LogP contribution in [0.3, 0.4) is 0 Å². The lowest BCUT2D eigenvalue weighted by Gasteiger charge is -2.19. The fraction of sp³-hybridized carbons (Fsp3) is 0.429. The van der Waals surface area contributed by atoms with Crippen LogP contribution in [0.5, 0.6) is 0 Å². The van der Waals surface area contributed by atoms with Gasteiger partial charge in [-0.05, 0) is 42.0 Å². The predicted molar refractivity (Wildman–Crippen MR) is 121 cm³/mol. The molecule has 0 aliphatic heterocycles. The Hall–Kier alpha value is -1.63. The summed E-state index contributed by atoms with van der Waals surface area (Å²) >= 11 is 0. The topological polar surface area (TPSA) is 49.3 Å². The highest BCUT2D eigenvalue weighted by Gasteiger charge is 2.12. The lowest BCUT2D eigenvalue weighted by Crippen LogP contribution is -2.38. The molecule has 1 aromatic heterocycles. The third-order valence-electron chi connectivity index (χ3n) is 4.13. The highest BCUT2D eigenvalue weighted by molar-refractivity contribution is 14.0. The summed E-state index contributed by atoms with van der Waals surface area (Å²) in [6, 6.07) is 14.9. The van der Waals surface area contributed by atoms with Crippen LogP contribution in [-0.4, -0.2) is 24.5 Å². The molecule has 0 amide bonds. The van der Waals surface area contributed by atoms with E-state index in [0.717, 1.165) is 30.3 Å². The van der Waals surface area contributed by atoms with Crippen LogP contribution in [0, 0.1) is 6.92 Å². The monoisotopic (exact) mass is 466 g/mol. The molecular formula is C21H31IN4. The van der Waals surface area contributed by atoms with Crippen LogP contribution in [-0.2, 0) is 18.4 Å². The van der Waals surface area contributed by atoms with Gasteiger partial charge in [0.2, 0.25) is 0 Å². The number of halogens is 1. The molecule has 2 N–H and O–H groups in total. The van der Waals surface area contributed by atoms with E-state index in [9.17, 15) is 0 Å². The number of guanidine groups is 1. The zero-order chi connectivity index (χ0) is 18.3. The standard InChI is InChI=1S/C21H30N4.HI/c1-16-7-6-8-19(25-16)15-24-20(22-5)23-14-13-17-9-11-18(12-10-17)21(2,3)4;/h6-12H,13-15H2,1-5H3,(H2,22,23,24);1H. The van der Waals surface area contributed by atoms with Crippen LogP contribution in [0.15, 0.2) is 47.5 Å². The van der Waals surface area contributed by atoms with Crippen LogP contribution >= 0.6 is 24.0 Å². The number of benzene rings is 1. The maximum Gasteiger partial charge on any atom is 0.191 e. The molecule has 0 atom stereocenters. The molecule has 0 aliphatic rings. The van der Waals surface area contributed by atoms with E-state index in [1.54, 1.807) is 7.05 Å². The fourth-order valence-corrected chi connectivity index (χ4v) is 2.59. The smallest absolute Gasteiger partial charge is 0.191 e. The first-order chi connectivity index (χ1) is 11.9. The zero-order valence-electron chi connectivity index (χ0n) is 16.5. The van der Waals surface area contributed by atoms with Gasteiger partial charge in [0.25, 0.3) is 0 Å². The van der Waals surface area contributed by atoms with Crippen molar-refractivity contribution in [3.05, 3.63) is 65.0 Å². The molecule has 142 valence electrons. The Labute approximate surface area is 174 Å². The molecule has 1 heterocycles. The lowest BCUT2D eigenvalue weighted by molar-refractivity contribution is 0.590. The van der Waals surface area contributed by atoms with Gasteiger partial charge in [0, 0.05) is 19.3 Å². The van der Waals surface area contributed by atoms with Gasteiger partial charge in [0.1, 0.15) is 0 Å². The zero-order valence-corrected chi connectivity index (χ0v) is 18.8. The van der Waals surface area contributed by atoms with Crippen molar-refractivity contribution < 1.29 is 0 Å². The summed E-state index contributed by atoms with van der Waals surface area (Å²) < 4.78 is 0. The van der Waals surface area contributed by atoms with Gasteiger partial charge in [-0.25, -0.2) is 0 Å². The minimum atomic E-state index is 0. The Kier molecular flexibility index (Phi) is 9.05. The second-order valence-electron chi connectivity index (χ2n) is 7.32. The van der Waals surface area contributed by atoms with Crippen LogP contribution in [0.2, 0.25) is 0 Å². The maximum atomic E-state index is 4.49. The third kappa shape index (κ3) is 7.32. The number of aliphatic imine (C=N–C) groups is 1. The van der Waals surface area contributed by atoms with E-state index in [1.165, 1.54) is 11.1 Å². The van der Waals surface area contributed by atoms with Gasteiger partial charge in [-0.2, -0.15) is 0 Å². The molecule has 0 aliphatic carbocycles. The quantitative estimate of drug-likeness (QED) is 0.394. The molecule has 0 bridgehead atoms. The van der Waals surface area contributed by atoms with Gasteiger partial charge in [-0.3, -0.25) is 9.98 Å². The normalized spacial score (nSPS) is 11.7. The summed E-state index contributed by atoms with van der Waals surface area (Å²) in [6.45, 7) is 10.2. The number of aryl methyl sites for hydroxylation is 1. The molecule has 0 radical (unpaired) electrons. The minimum absolute atomic E-state index is 0. The van der Waals surface area contributed by atoms with Crippen LogP contribution in [0.25, 0.3) is 0 Å². The summed E-state index contributed by atoms with van der Waals surface area (Å²) in [7, 11) is 1.79. The number of nitrogens with one attached hydrogen (secondary N) is 2. The van der Waals surface area contributed by atoms with Crippen molar-refractivity contribution in [1.82, 2.24) is 15.6 Å². The highest BCUT2D eigenvalue weighted by atomic mass is 127. The second kappa shape index (κ2) is 10.5. The SMILES string of the molecule is CN=C(NCCc1ccc(C(C)(C)C)cc1)NCc1cccc(C)n1.I. The summed E-state index contributed by atoms with van der Waals surface area (Å²) in [5.74, 6) is 0.801. The van der Waals surface area contributed by atoms with Crippen molar-refractivity contribution in [2.75, 3.05) is 13.6 Å². The Bertz CT molecular complexity index is 703. The summed E-state index contributed by atoms with van der Waals surface area (Å²) in [6.07, 6.45) is 0.966. The molecule has 0 fully saturated rings. The van der Waals surface area contributed by atoms with Crippen molar-refractivity contribution in [3.63, 3.8) is 0 Å².